The van der Waals surface area contributed by atoms with Gasteiger partial charge in [0.1, 0.15) is 13.2 Å². The van der Waals surface area contributed by atoms with E-state index in [2.05, 4.69) is 43.5 Å². The van der Waals surface area contributed by atoms with Crippen molar-refractivity contribution in [1.29, 1.82) is 0 Å². The van der Waals surface area contributed by atoms with Crippen molar-refractivity contribution in [2.24, 2.45) is 0 Å². The Kier molecular flexibility index (Phi) is 62.2. The van der Waals surface area contributed by atoms with Crippen LogP contribution in [0.4, 0.5) is 0 Å². The van der Waals surface area contributed by atoms with E-state index in [1.54, 1.807) is 6.08 Å². The predicted molar refractivity (Wildman–Crippen MR) is 355 cm³/mol. The Hall–Kier alpha value is -1.28. The molecule has 8 nitrogen and oxygen atoms in total. The third kappa shape index (κ3) is 66.1. The maximum atomic E-state index is 13.0. The number of allylic oxidation sites excluding steroid dienone is 5. The summed E-state index contributed by atoms with van der Waals surface area (Å²) >= 11 is 0. The van der Waals surface area contributed by atoms with E-state index in [0.29, 0.717) is 17.4 Å². The number of aliphatic hydroxyl groups excluding tert-OH is 1. The van der Waals surface area contributed by atoms with E-state index >= 15 is 0 Å². The van der Waals surface area contributed by atoms with Gasteiger partial charge in [-0.25, -0.2) is 4.57 Å². The number of hydrogen-bond acceptors (Lipinski definition) is 5. The lowest BCUT2D eigenvalue weighted by Crippen LogP contribution is -2.45. The number of carbonyl (C=O) groups is 1. The quantitative estimate of drug-likeness (QED) is 0.0243. The fraction of sp³-hybridized carbons (Fsp3) is 0.903. The van der Waals surface area contributed by atoms with Crippen LogP contribution in [0.15, 0.2) is 36.5 Å². The Balaban J connectivity index is 4.01. The second-order valence-corrected chi connectivity index (χ2v) is 27.4. The lowest BCUT2D eigenvalue weighted by molar-refractivity contribution is -0.870. The fourth-order valence-corrected chi connectivity index (χ4v) is 11.7. The number of phosphoric acid groups is 1. The molecule has 0 bridgehead atoms. The minimum atomic E-state index is -4.36. The summed E-state index contributed by atoms with van der Waals surface area (Å²) in [6.07, 6.45) is 84.5. The molecule has 0 radical (unpaired) electrons. The van der Waals surface area contributed by atoms with Gasteiger partial charge >= 0.3 is 7.82 Å². The van der Waals surface area contributed by atoms with Crippen LogP contribution in [0.3, 0.4) is 0 Å². The number of carbonyl (C=O) groups excluding carboxylic acids is 1. The van der Waals surface area contributed by atoms with Crippen molar-refractivity contribution < 1.29 is 32.9 Å². The zero-order chi connectivity index (χ0) is 59.1. The Bertz CT molecular complexity index is 1410. The van der Waals surface area contributed by atoms with Gasteiger partial charge in [-0.05, 0) is 57.8 Å². The third-order valence-corrected chi connectivity index (χ3v) is 17.6. The topological polar surface area (TPSA) is 105 Å². The number of nitrogens with one attached hydrogen (secondary N) is 1. The van der Waals surface area contributed by atoms with Crippen molar-refractivity contribution in [3.05, 3.63) is 36.5 Å². The normalized spacial score (nSPS) is 13.8. The Morgan fingerprint density at radius 2 is 0.679 bits per heavy atom. The molecule has 0 spiro atoms. The van der Waals surface area contributed by atoms with Crippen molar-refractivity contribution in [1.82, 2.24) is 5.32 Å². The first-order valence-corrected chi connectivity index (χ1v) is 37.4. The maximum absolute atomic E-state index is 13.0. The zero-order valence-electron chi connectivity index (χ0n) is 55.1. The predicted octanol–water partition coefficient (Wildman–Crippen LogP) is 22.8. The first-order valence-electron chi connectivity index (χ1n) is 35.9. The molecule has 3 atom stereocenters. The number of hydrogen-bond donors (Lipinski definition) is 3. The Morgan fingerprint density at radius 3 is 0.988 bits per heavy atom. The van der Waals surface area contributed by atoms with Gasteiger partial charge in [0.15, 0.2) is 0 Å². The summed E-state index contributed by atoms with van der Waals surface area (Å²) in [5, 5.41) is 14.0. The number of unbranched alkanes of at least 4 members (excludes halogenated alkanes) is 50. The summed E-state index contributed by atoms with van der Waals surface area (Å²) in [5.74, 6) is -0.179. The van der Waals surface area contributed by atoms with Crippen LogP contribution in [-0.4, -0.2) is 73.4 Å². The van der Waals surface area contributed by atoms with Crippen molar-refractivity contribution in [3.8, 4) is 0 Å². The molecule has 1 amide bonds. The first-order chi connectivity index (χ1) is 39.5. The number of amides is 1. The zero-order valence-corrected chi connectivity index (χ0v) is 55.9. The van der Waals surface area contributed by atoms with E-state index in [1.165, 1.54) is 308 Å². The minimum absolute atomic E-state index is 0.0583. The van der Waals surface area contributed by atoms with Crippen LogP contribution in [0, 0.1) is 0 Å². The lowest BCUT2D eigenvalue weighted by Gasteiger charge is -2.25. The summed E-state index contributed by atoms with van der Waals surface area (Å²) < 4.78 is 23.8. The van der Waals surface area contributed by atoms with Gasteiger partial charge in [-0.2, -0.15) is 0 Å². The van der Waals surface area contributed by atoms with E-state index in [0.717, 1.165) is 38.5 Å². The highest BCUT2D eigenvalue weighted by Gasteiger charge is 2.28. The summed E-state index contributed by atoms with van der Waals surface area (Å²) in [6.45, 7) is 4.85. The molecule has 3 N–H and O–H groups in total. The molecule has 0 aliphatic rings. The Labute approximate surface area is 506 Å². The number of nitrogens with zero attached hydrogens (tertiary/aromatic N) is 1. The van der Waals surface area contributed by atoms with Gasteiger partial charge in [0.2, 0.25) is 5.91 Å². The molecule has 0 saturated carbocycles. The first kappa shape index (κ1) is 79.7. The Morgan fingerprint density at radius 1 is 0.407 bits per heavy atom. The molecule has 0 saturated heterocycles. The van der Waals surface area contributed by atoms with Gasteiger partial charge in [-0.3, -0.25) is 13.8 Å². The van der Waals surface area contributed by atoms with E-state index in [9.17, 15) is 19.4 Å². The second kappa shape index (κ2) is 63.2. The highest BCUT2D eigenvalue weighted by molar-refractivity contribution is 7.47. The molecule has 0 heterocycles. The van der Waals surface area contributed by atoms with Gasteiger partial charge in [0.25, 0.3) is 0 Å². The number of aliphatic hydroxyl groups is 1. The van der Waals surface area contributed by atoms with Crippen molar-refractivity contribution >= 4 is 13.7 Å². The molecule has 81 heavy (non-hydrogen) atoms. The van der Waals surface area contributed by atoms with Crippen LogP contribution < -0.4 is 5.32 Å². The van der Waals surface area contributed by atoms with Crippen molar-refractivity contribution in [2.45, 2.75) is 379 Å². The molecule has 0 aromatic rings. The summed E-state index contributed by atoms with van der Waals surface area (Å²) in [7, 11) is 1.57. The van der Waals surface area contributed by atoms with Gasteiger partial charge in [-0.1, -0.05) is 339 Å². The smallest absolute Gasteiger partial charge is 0.387 e. The van der Waals surface area contributed by atoms with Crippen LogP contribution in [0.25, 0.3) is 0 Å². The number of phosphoric ester groups is 1. The minimum Gasteiger partial charge on any atom is -0.387 e. The molecule has 0 fully saturated rings. The van der Waals surface area contributed by atoms with Crippen LogP contribution in [0.5, 0.6) is 0 Å². The molecule has 3 unspecified atom stereocenters. The van der Waals surface area contributed by atoms with Crippen molar-refractivity contribution in [2.75, 3.05) is 40.9 Å². The lowest BCUT2D eigenvalue weighted by atomic mass is 10.0. The van der Waals surface area contributed by atoms with E-state index in [1.807, 2.05) is 27.2 Å². The number of quaternary nitrogens is 1. The molecule has 480 valence electrons. The molecular formula is C72H142N2O6P+. The molecule has 0 aliphatic carbocycles. The molecule has 0 aliphatic heterocycles. The molecule has 0 rings (SSSR count). The van der Waals surface area contributed by atoms with Gasteiger partial charge in [0.05, 0.1) is 39.9 Å². The van der Waals surface area contributed by atoms with Gasteiger partial charge < -0.3 is 19.8 Å². The highest BCUT2D eigenvalue weighted by Crippen LogP contribution is 2.43. The largest absolute Gasteiger partial charge is 0.472 e. The van der Waals surface area contributed by atoms with E-state index < -0.39 is 20.0 Å². The summed E-state index contributed by atoms with van der Waals surface area (Å²) in [4.78, 5) is 23.4. The maximum Gasteiger partial charge on any atom is 0.472 e. The number of likely N-dealkylation sites (N-methyl/N-ethyl adjacent to an activating group) is 1. The summed E-state index contributed by atoms with van der Waals surface area (Å²) in [6, 6.07) is -0.863. The summed E-state index contributed by atoms with van der Waals surface area (Å²) in [5.41, 5.74) is 0. The van der Waals surface area contributed by atoms with Gasteiger partial charge in [-0.15, -0.1) is 0 Å². The van der Waals surface area contributed by atoms with Crippen LogP contribution >= 0.6 is 7.82 Å². The van der Waals surface area contributed by atoms with Crippen LogP contribution in [0.1, 0.15) is 367 Å². The fourth-order valence-electron chi connectivity index (χ4n) is 11.0. The van der Waals surface area contributed by atoms with Gasteiger partial charge in [0, 0.05) is 6.42 Å². The monoisotopic (exact) mass is 1160 g/mol. The van der Waals surface area contributed by atoms with Crippen molar-refractivity contribution in [3.63, 3.8) is 0 Å². The third-order valence-electron chi connectivity index (χ3n) is 16.6. The van der Waals surface area contributed by atoms with Crippen LogP contribution in [-0.2, 0) is 18.4 Å². The SMILES string of the molecule is CCCCCCCCCC/C=C\CCCCCCCCCCCCCCCCCCCCCCCCCC(=O)NC(COP(=O)(O)OCC[N+](C)(C)C)C(O)/C=C/CC/C=C/CCCCCCCCCCCCCCCCCCCC. The van der Waals surface area contributed by atoms with Crippen LogP contribution in [0.2, 0.25) is 0 Å². The van der Waals surface area contributed by atoms with E-state index in [4.69, 9.17) is 9.05 Å². The molecular weight excluding hydrogens is 1020 g/mol. The second-order valence-electron chi connectivity index (χ2n) is 26.0. The average Bonchev–Trinajstić information content (AvgIpc) is 3.43. The highest BCUT2D eigenvalue weighted by atomic mass is 31.2. The number of rotatable bonds is 67. The molecule has 9 heteroatoms. The molecule has 0 aromatic heterocycles. The molecule has 0 aromatic carbocycles. The van der Waals surface area contributed by atoms with E-state index in [-0.39, 0.29) is 19.1 Å². The standard InChI is InChI=1S/C72H141N2O6P/c1-6-8-10-12-14-16-18-20-22-24-26-28-30-32-33-34-35-36-37-38-39-40-41-42-44-46-48-50-52-54-56-58-60-62-64-66-72(76)73-70(69-80-81(77,78)79-68-67-74(3,4)5)71(75)65-63-61-59-57-55-53-51-49-47-45-43-31-29-27-25-23-21-19-17-15-13-11-9-7-2/h24,26,55,57,63,65,70-71,75H,6-23,25,27-54,56,58-62,64,66-69H2,1-5H3,(H-,73,76,77,78)/p+1/b26-24-,57-55+,65-63+. The average molecular weight is 1160 g/mol.